The van der Waals surface area contributed by atoms with Crippen LogP contribution >= 0.6 is 0 Å². The summed E-state index contributed by atoms with van der Waals surface area (Å²) in [6, 6.07) is 37.4. The van der Waals surface area contributed by atoms with Crippen molar-refractivity contribution >= 4 is 23.9 Å². The smallest absolute Gasteiger partial charge is 0.349 e. The largest absolute Gasteiger partial charge is 0.478 e. The van der Waals surface area contributed by atoms with Crippen LogP contribution in [0.1, 0.15) is 102 Å². The SMILES string of the molecule is CN(C)CCC[C@](O)(c1ccc(F)cc1)c1ccc(C#N)cc1CO.CN(C)CCC[C@](O)(c1ccc(F)cc1)c1ccc(C#N)cc1CO.Cc1ccc(C(=O)O[C@@H](C(=O)O)[C@@H](OC(=O)c2ccc(C)cc2)C(=O)O)cc1. The number of carboxylic acid groups (broad SMARTS) is 2. The number of nitrogens with zero attached hydrogens (tertiary/aromatic N) is 4. The van der Waals surface area contributed by atoms with Crippen LogP contribution in [0.15, 0.2) is 133 Å². The van der Waals surface area contributed by atoms with E-state index in [0.29, 0.717) is 70.2 Å². The van der Waals surface area contributed by atoms with E-state index in [0.717, 1.165) is 24.2 Å². The van der Waals surface area contributed by atoms with Crippen molar-refractivity contribution in [2.24, 2.45) is 0 Å². The van der Waals surface area contributed by atoms with Crippen LogP contribution in [0.25, 0.3) is 0 Å². The maximum atomic E-state index is 13.3. The molecule has 0 fully saturated rings. The highest BCUT2D eigenvalue weighted by Crippen LogP contribution is 2.38. The Morgan fingerprint density at radius 3 is 1.13 bits per heavy atom. The topological polar surface area (TPSA) is 262 Å². The molecule has 410 valence electrons. The van der Waals surface area contributed by atoms with Crippen LogP contribution in [0.4, 0.5) is 8.78 Å². The van der Waals surface area contributed by atoms with Gasteiger partial charge >= 0.3 is 23.9 Å². The number of aliphatic hydroxyl groups is 4. The fourth-order valence-electron chi connectivity index (χ4n) is 8.25. The van der Waals surface area contributed by atoms with Crippen LogP contribution in [0.5, 0.6) is 0 Å². The van der Waals surface area contributed by atoms with Gasteiger partial charge in [-0.25, -0.2) is 28.0 Å². The van der Waals surface area contributed by atoms with Gasteiger partial charge in [-0.1, -0.05) is 71.8 Å². The summed E-state index contributed by atoms with van der Waals surface area (Å²) in [6.45, 7) is 4.58. The molecule has 0 spiro atoms. The molecule has 0 bridgehead atoms. The second kappa shape index (κ2) is 29.4. The molecular weight excluding hydrogens is 1010 g/mol. The zero-order valence-corrected chi connectivity index (χ0v) is 44.2. The highest BCUT2D eigenvalue weighted by molar-refractivity contribution is 5.95. The first-order chi connectivity index (χ1) is 37.0. The molecule has 0 saturated heterocycles. The Morgan fingerprint density at radius 1 is 0.538 bits per heavy atom. The van der Waals surface area contributed by atoms with Crippen molar-refractivity contribution in [2.45, 2.75) is 76.2 Å². The van der Waals surface area contributed by atoms with Gasteiger partial charge in [-0.3, -0.25) is 0 Å². The lowest BCUT2D eigenvalue weighted by atomic mass is 9.80. The van der Waals surface area contributed by atoms with E-state index in [-0.39, 0.29) is 36.0 Å². The number of ether oxygens (including phenoxy) is 2. The molecule has 0 heterocycles. The van der Waals surface area contributed by atoms with E-state index < -0.39 is 47.3 Å². The number of hydrogen-bond acceptors (Lipinski definition) is 14. The molecule has 0 aliphatic carbocycles. The molecule has 0 aliphatic rings. The molecule has 16 nitrogen and oxygen atoms in total. The monoisotopic (exact) mass is 1070 g/mol. The number of rotatable bonds is 21. The first-order valence-electron chi connectivity index (χ1n) is 24.6. The third kappa shape index (κ3) is 17.4. The van der Waals surface area contributed by atoms with Gasteiger partial charge in [0.15, 0.2) is 0 Å². The van der Waals surface area contributed by atoms with E-state index in [4.69, 9.17) is 20.0 Å². The molecule has 4 atom stereocenters. The molecule has 6 aromatic rings. The zero-order chi connectivity index (χ0) is 57.7. The van der Waals surface area contributed by atoms with Crippen LogP contribution in [0.3, 0.4) is 0 Å². The number of halogens is 2. The van der Waals surface area contributed by atoms with Gasteiger partial charge in [0.2, 0.25) is 12.2 Å². The van der Waals surface area contributed by atoms with Crippen molar-refractivity contribution in [2.75, 3.05) is 41.3 Å². The average molecular weight is 1070 g/mol. The lowest BCUT2D eigenvalue weighted by molar-refractivity contribution is -0.166. The average Bonchev–Trinajstić information content (AvgIpc) is 3.47. The number of esters is 2. The minimum absolute atomic E-state index is 0.0332. The van der Waals surface area contributed by atoms with E-state index >= 15 is 0 Å². The summed E-state index contributed by atoms with van der Waals surface area (Å²) in [5.41, 5.74) is 3.10. The summed E-state index contributed by atoms with van der Waals surface area (Å²) in [7, 11) is 7.82. The third-order valence-electron chi connectivity index (χ3n) is 12.4. The lowest BCUT2D eigenvalue weighted by Crippen LogP contribution is -2.45. The fourth-order valence-corrected chi connectivity index (χ4v) is 8.25. The highest BCUT2D eigenvalue weighted by Gasteiger charge is 2.41. The molecule has 0 amide bonds. The van der Waals surface area contributed by atoms with Gasteiger partial charge in [0, 0.05) is 0 Å². The predicted molar refractivity (Wildman–Crippen MR) is 285 cm³/mol. The normalized spacial score (nSPS) is 13.1. The van der Waals surface area contributed by atoms with Gasteiger partial charge in [-0.05, 0) is 187 Å². The Labute approximate surface area is 452 Å². The van der Waals surface area contributed by atoms with Crippen LogP contribution in [0, 0.1) is 48.1 Å². The first-order valence-corrected chi connectivity index (χ1v) is 24.6. The second-order valence-electron chi connectivity index (χ2n) is 18.9. The lowest BCUT2D eigenvalue weighted by Gasteiger charge is -2.32. The maximum Gasteiger partial charge on any atom is 0.349 e. The Balaban J connectivity index is 0.000000253. The standard InChI is InChI=1S/2C20H23FN2O2.C20H18O8/c2*1-23(2)11-3-10-20(25,17-5-7-18(21)8-6-17)19-9-4-15(13-22)12-16(19)14-24;1-11-3-7-13(8-4-11)19(25)27-15(17(21)22)16(18(23)24)28-20(26)14-9-5-12(2)6-10-14/h2*4-9,12,24-25H,3,10-11,14H2,1-2H3;3-10,15-16H,1-2H3,(H,21,22)(H,23,24)/t2*20-;15-,16-/m001/s1. The van der Waals surface area contributed by atoms with Crippen molar-refractivity contribution in [1.29, 1.82) is 10.5 Å². The molecule has 0 aromatic heterocycles. The van der Waals surface area contributed by atoms with Crippen LogP contribution in [0.2, 0.25) is 0 Å². The van der Waals surface area contributed by atoms with Crippen LogP contribution in [-0.4, -0.2) is 118 Å². The highest BCUT2D eigenvalue weighted by atomic mass is 19.1. The predicted octanol–water partition coefficient (Wildman–Crippen LogP) is 7.76. The molecule has 0 unspecified atom stereocenters. The number of aryl methyl sites for hydroxylation is 2. The number of hydrogen-bond donors (Lipinski definition) is 6. The van der Waals surface area contributed by atoms with Gasteiger partial charge < -0.3 is 49.9 Å². The van der Waals surface area contributed by atoms with Gasteiger partial charge in [0.1, 0.15) is 22.8 Å². The van der Waals surface area contributed by atoms with Crippen molar-refractivity contribution < 1.29 is 68.1 Å². The molecule has 0 aliphatic heterocycles. The van der Waals surface area contributed by atoms with Crippen LogP contribution in [-0.2, 0) is 43.5 Å². The van der Waals surface area contributed by atoms with Crippen molar-refractivity contribution in [3.05, 3.63) is 212 Å². The van der Waals surface area contributed by atoms with E-state index in [9.17, 15) is 58.6 Å². The first kappa shape index (κ1) is 62.3. The molecule has 0 radical (unpaired) electrons. The number of aliphatic hydroxyl groups excluding tert-OH is 2. The number of carboxylic acids is 2. The molecule has 6 N–H and O–H groups in total. The van der Waals surface area contributed by atoms with Gasteiger partial charge in [0.25, 0.3) is 0 Å². The van der Waals surface area contributed by atoms with E-state index in [2.05, 4.69) is 0 Å². The maximum absolute atomic E-state index is 13.3. The second-order valence-corrected chi connectivity index (χ2v) is 18.9. The number of carbonyl (C=O) groups is 4. The van der Waals surface area contributed by atoms with E-state index in [1.54, 1.807) is 98.8 Å². The number of nitriles is 2. The molecule has 6 rings (SSSR count). The summed E-state index contributed by atoms with van der Waals surface area (Å²) in [4.78, 5) is 51.4. The number of aliphatic carboxylic acids is 2. The van der Waals surface area contributed by atoms with E-state index in [1.165, 1.54) is 48.5 Å². The summed E-state index contributed by atoms with van der Waals surface area (Å²) in [5.74, 6) is -6.37. The third-order valence-corrected chi connectivity index (χ3v) is 12.4. The van der Waals surface area contributed by atoms with Gasteiger partial charge in [-0.2, -0.15) is 10.5 Å². The number of benzene rings is 6. The summed E-state index contributed by atoms with van der Waals surface area (Å²) < 4.78 is 36.3. The van der Waals surface area contributed by atoms with Gasteiger partial charge in [-0.15, -0.1) is 0 Å². The number of carbonyl (C=O) groups excluding carboxylic acids is 2. The summed E-state index contributed by atoms with van der Waals surface area (Å²) in [6.07, 6.45) is -2.19. The Bertz CT molecular complexity index is 2840. The Kier molecular flexibility index (Phi) is 23.5. The fraction of sp³-hybridized carbons (Fsp3) is 0.300. The molecule has 6 aromatic carbocycles. The van der Waals surface area contributed by atoms with Gasteiger partial charge in [0.05, 0.1) is 47.6 Å². The van der Waals surface area contributed by atoms with Crippen molar-refractivity contribution in [3.8, 4) is 12.1 Å². The van der Waals surface area contributed by atoms with E-state index in [1.807, 2.05) is 50.1 Å². The molecule has 0 saturated carbocycles. The minimum atomic E-state index is -2.22. The Morgan fingerprint density at radius 2 is 0.859 bits per heavy atom. The molecular formula is C60H64F2N4O12. The Hall–Kier alpha value is -8.20. The molecule has 18 heteroatoms. The minimum Gasteiger partial charge on any atom is -0.478 e. The molecule has 78 heavy (non-hydrogen) atoms. The zero-order valence-electron chi connectivity index (χ0n) is 44.2. The van der Waals surface area contributed by atoms with Crippen LogP contribution < -0.4 is 0 Å². The summed E-state index contributed by atoms with van der Waals surface area (Å²) in [5, 5.41) is 79.2. The quantitative estimate of drug-likeness (QED) is 0.0376. The summed E-state index contributed by atoms with van der Waals surface area (Å²) >= 11 is 0. The van der Waals surface area contributed by atoms with Crippen molar-refractivity contribution in [1.82, 2.24) is 9.80 Å². The van der Waals surface area contributed by atoms with Crippen molar-refractivity contribution in [3.63, 3.8) is 0 Å².